The average Bonchev–Trinajstić information content (AvgIpc) is 2.65. The third-order valence-electron chi connectivity index (χ3n) is 3.83. The Labute approximate surface area is 150 Å². The Kier molecular flexibility index (Phi) is 5.22. The first-order chi connectivity index (χ1) is 12.6. The van der Waals surface area contributed by atoms with Crippen LogP contribution >= 0.6 is 0 Å². The molecule has 0 aliphatic carbocycles. The molecule has 134 valence electrons. The van der Waals surface area contributed by atoms with Crippen LogP contribution in [0.1, 0.15) is 30.3 Å². The number of carbonyl (C=O) groups excluding carboxylic acids is 1. The number of aromatic hydroxyl groups is 2. The quantitative estimate of drug-likeness (QED) is 0.504. The van der Waals surface area contributed by atoms with Gasteiger partial charge < -0.3 is 19.7 Å². The smallest absolute Gasteiger partial charge is 0.360 e. The Morgan fingerprint density at radius 2 is 1.81 bits per heavy atom. The summed E-state index contributed by atoms with van der Waals surface area (Å²) in [6, 6.07) is 13.9. The molecule has 26 heavy (non-hydrogen) atoms. The van der Waals surface area contributed by atoms with Crippen LogP contribution in [0.2, 0.25) is 0 Å². The predicted molar refractivity (Wildman–Crippen MR) is 96.8 cm³/mol. The third kappa shape index (κ3) is 3.69. The molecule has 2 aromatic carbocycles. The summed E-state index contributed by atoms with van der Waals surface area (Å²) in [5.41, 5.74) is -0.317. The number of aromatic nitrogens is 1. The molecule has 0 amide bonds. The minimum absolute atomic E-state index is 0.229. The molecule has 0 bridgehead atoms. The van der Waals surface area contributed by atoms with Gasteiger partial charge in [0.05, 0.1) is 6.61 Å². The van der Waals surface area contributed by atoms with E-state index in [0.717, 1.165) is 6.42 Å². The zero-order chi connectivity index (χ0) is 18.5. The molecule has 1 aromatic heterocycles. The van der Waals surface area contributed by atoms with Gasteiger partial charge in [0.25, 0.3) is 0 Å². The molecule has 0 fully saturated rings. The molecular formula is C20H19NO5. The Hall–Kier alpha value is -3.28. The van der Waals surface area contributed by atoms with Gasteiger partial charge in [-0.1, -0.05) is 31.5 Å². The SMILES string of the molecule is CCCCOC(=O)c1nc(O)c2ccc(Oc3ccccc3)cc2c1O. The standard InChI is InChI=1S/C20H19NO5/c1-2-3-11-25-20(24)17-18(22)16-12-14(9-10-15(16)19(23)21-17)26-13-7-5-4-6-8-13/h4-10,12,22H,2-3,11H2,1H3,(H,21,23). The van der Waals surface area contributed by atoms with E-state index in [0.29, 0.717) is 23.3 Å². The summed E-state index contributed by atoms with van der Waals surface area (Å²) in [6.45, 7) is 2.20. The summed E-state index contributed by atoms with van der Waals surface area (Å²) in [4.78, 5) is 15.9. The van der Waals surface area contributed by atoms with Crippen molar-refractivity contribution in [3.8, 4) is 23.1 Å². The lowest BCUT2D eigenvalue weighted by atomic mass is 10.1. The van der Waals surface area contributed by atoms with Crippen LogP contribution in [0.15, 0.2) is 48.5 Å². The molecule has 0 aliphatic heterocycles. The Bertz CT molecular complexity index is 924. The number of unbranched alkanes of at least 4 members (excludes halogenated alkanes) is 1. The number of nitrogens with zero attached hydrogens (tertiary/aromatic N) is 1. The second-order valence-corrected chi connectivity index (χ2v) is 5.74. The fourth-order valence-electron chi connectivity index (χ4n) is 2.47. The van der Waals surface area contributed by atoms with Crippen LogP contribution in [0, 0.1) is 0 Å². The van der Waals surface area contributed by atoms with Crippen molar-refractivity contribution in [2.45, 2.75) is 19.8 Å². The summed E-state index contributed by atoms with van der Waals surface area (Å²) < 4.78 is 10.8. The van der Waals surface area contributed by atoms with Crippen molar-refractivity contribution in [3.63, 3.8) is 0 Å². The molecule has 0 saturated heterocycles. The fourth-order valence-corrected chi connectivity index (χ4v) is 2.47. The first-order valence-electron chi connectivity index (χ1n) is 8.36. The second-order valence-electron chi connectivity index (χ2n) is 5.74. The van der Waals surface area contributed by atoms with Crippen molar-refractivity contribution in [2.24, 2.45) is 0 Å². The Balaban J connectivity index is 1.96. The fraction of sp³-hybridized carbons (Fsp3) is 0.200. The molecule has 0 atom stereocenters. The van der Waals surface area contributed by atoms with Crippen molar-refractivity contribution in [1.82, 2.24) is 4.98 Å². The molecule has 0 aliphatic rings. The molecule has 0 saturated carbocycles. The number of esters is 1. The van der Waals surface area contributed by atoms with E-state index in [9.17, 15) is 15.0 Å². The number of rotatable bonds is 6. The molecule has 0 spiro atoms. The van der Waals surface area contributed by atoms with Crippen LogP contribution < -0.4 is 4.74 Å². The molecule has 0 unspecified atom stereocenters. The highest BCUT2D eigenvalue weighted by Crippen LogP contribution is 2.36. The van der Waals surface area contributed by atoms with E-state index in [4.69, 9.17) is 9.47 Å². The number of fused-ring (bicyclic) bond motifs is 1. The highest BCUT2D eigenvalue weighted by molar-refractivity contribution is 6.01. The molecule has 3 aromatic rings. The summed E-state index contributed by atoms with van der Waals surface area (Å²) >= 11 is 0. The summed E-state index contributed by atoms with van der Waals surface area (Å²) in [5.74, 6) is -0.398. The third-order valence-corrected chi connectivity index (χ3v) is 3.83. The predicted octanol–water partition coefficient (Wildman–Crippen LogP) is 4.40. The van der Waals surface area contributed by atoms with Gasteiger partial charge in [0.2, 0.25) is 5.88 Å². The van der Waals surface area contributed by atoms with Crippen molar-refractivity contribution in [2.75, 3.05) is 6.61 Å². The van der Waals surface area contributed by atoms with Crippen LogP contribution in [0.4, 0.5) is 0 Å². The lowest BCUT2D eigenvalue weighted by Crippen LogP contribution is -2.09. The minimum Gasteiger partial charge on any atom is -0.505 e. The molecular weight excluding hydrogens is 334 g/mol. The van der Waals surface area contributed by atoms with Crippen molar-refractivity contribution in [1.29, 1.82) is 0 Å². The number of carbonyl (C=O) groups is 1. The lowest BCUT2D eigenvalue weighted by molar-refractivity contribution is 0.0488. The summed E-state index contributed by atoms with van der Waals surface area (Å²) in [6.07, 6.45) is 1.58. The number of para-hydroxylation sites is 1. The van der Waals surface area contributed by atoms with Crippen molar-refractivity contribution >= 4 is 16.7 Å². The van der Waals surface area contributed by atoms with Gasteiger partial charge in [-0.05, 0) is 36.8 Å². The Morgan fingerprint density at radius 3 is 2.54 bits per heavy atom. The summed E-state index contributed by atoms with van der Waals surface area (Å²) in [5, 5.41) is 21.1. The largest absolute Gasteiger partial charge is 0.505 e. The van der Waals surface area contributed by atoms with Gasteiger partial charge in [0.15, 0.2) is 11.4 Å². The van der Waals surface area contributed by atoms with Gasteiger partial charge >= 0.3 is 5.97 Å². The molecule has 0 radical (unpaired) electrons. The highest BCUT2D eigenvalue weighted by Gasteiger charge is 2.20. The zero-order valence-electron chi connectivity index (χ0n) is 14.3. The van der Waals surface area contributed by atoms with E-state index in [1.807, 2.05) is 25.1 Å². The van der Waals surface area contributed by atoms with Gasteiger partial charge in [0, 0.05) is 10.8 Å². The van der Waals surface area contributed by atoms with Gasteiger partial charge in [0.1, 0.15) is 11.5 Å². The lowest BCUT2D eigenvalue weighted by Gasteiger charge is -2.11. The summed E-state index contributed by atoms with van der Waals surface area (Å²) in [7, 11) is 0. The maximum atomic E-state index is 12.1. The van der Waals surface area contributed by atoms with Crippen LogP contribution in [-0.4, -0.2) is 27.8 Å². The maximum Gasteiger partial charge on any atom is 0.360 e. The minimum atomic E-state index is -0.775. The number of benzene rings is 2. The first kappa shape index (κ1) is 17.5. The molecule has 2 N–H and O–H groups in total. The monoisotopic (exact) mass is 353 g/mol. The van der Waals surface area contributed by atoms with E-state index < -0.39 is 5.97 Å². The topological polar surface area (TPSA) is 88.9 Å². The van der Waals surface area contributed by atoms with Gasteiger partial charge in [-0.25, -0.2) is 9.78 Å². The van der Waals surface area contributed by atoms with E-state index in [-0.39, 0.29) is 29.3 Å². The van der Waals surface area contributed by atoms with Crippen LogP contribution in [0.3, 0.4) is 0 Å². The molecule has 3 rings (SSSR count). The van der Waals surface area contributed by atoms with E-state index in [1.54, 1.807) is 30.3 Å². The van der Waals surface area contributed by atoms with Gasteiger partial charge in [-0.2, -0.15) is 0 Å². The van der Waals surface area contributed by atoms with Crippen LogP contribution in [0.25, 0.3) is 10.8 Å². The molecule has 6 nitrogen and oxygen atoms in total. The van der Waals surface area contributed by atoms with Crippen molar-refractivity contribution in [3.05, 3.63) is 54.2 Å². The van der Waals surface area contributed by atoms with Crippen LogP contribution in [0.5, 0.6) is 23.1 Å². The zero-order valence-corrected chi connectivity index (χ0v) is 14.3. The van der Waals surface area contributed by atoms with E-state index in [2.05, 4.69) is 4.98 Å². The molecule has 1 heterocycles. The van der Waals surface area contributed by atoms with E-state index in [1.165, 1.54) is 0 Å². The van der Waals surface area contributed by atoms with Crippen molar-refractivity contribution < 1.29 is 24.5 Å². The first-order valence-corrected chi connectivity index (χ1v) is 8.36. The van der Waals surface area contributed by atoms with E-state index >= 15 is 0 Å². The average molecular weight is 353 g/mol. The van der Waals surface area contributed by atoms with Gasteiger partial charge in [-0.3, -0.25) is 0 Å². The number of ether oxygens (including phenoxy) is 2. The molecule has 6 heteroatoms. The maximum absolute atomic E-state index is 12.1. The highest BCUT2D eigenvalue weighted by atomic mass is 16.5. The number of pyridine rings is 1. The Morgan fingerprint density at radius 1 is 1.04 bits per heavy atom. The normalized spacial score (nSPS) is 10.7. The number of hydrogen-bond acceptors (Lipinski definition) is 6. The number of hydrogen-bond donors (Lipinski definition) is 2. The second kappa shape index (κ2) is 7.74. The van der Waals surface area contributed by atoms with Crippen LogP contribution in [-0.2, 0) is 4.74 Å². The van der Waals surface area contributed by atoms with Gasteiger partial charge in [-0.15, -0.1) is 0 Å².